The lowest BCUT2D eigenvalue weighted by atomic mass is 10.0. The van der Waals surface area contributed by atoms with Crippen LogP contribution in [0.25, 0.3) is 0 Å². The van der Waals surface area contributed by atoms with Gasteiger partial charge < -0.3 is 15.7 Å². The van der Waals surface area contributed by atoms with Crippen LogP contribution in [0.4, 0.5) is 24.7 Å². The summed E-state index contributed by atoms with van der Waals surface area (Å²) in [5, 5.41) is 15.1. The maximum atomic E-state index is 12.7. The summed E-state index contributed by atoms with van der Waals surface area (Å²) in [6, 6.07) is 14.8. The minimum absolute atomic E-state index is 0.0877. The zero-order valence-electron chi connectivity index (χ0n) is 18.6. The first-order valence-corrected chi connectivity index (χ1v) is 11.7. The van der Waals surface area contributed by atoms with Gasteiger partial charge >= 0.3 is 6.18 Å². The third-order valence-electron chi connectivity index (χ3n) is 5.28. The number of hydrogen-bond acceptors (Lipinski definition) is 5. The molecule has 0 fully saturated rings. The molecule has 0 saturated heterocycles. The third-order valence-corrected chi connectivity index (χ3v) is 6.34. The van der Waals surface area contributed by atoms with Gasteiger partial charge in [-0.2, -0.15) is 13.2 Å². The van der Waals surface area contributed by atoms with Crippen LogP contribution in [-0.2, 0) is 23.8 Å². The number of aliphatic hydroxyl groups is 1. The van der Waals surface area contributed by atoms with Crippen molar-refractivity contribution in [2.24, 2.45) is 0 Å². The molecule has 0 spiro atoms. The summed E-state index contributed by atoms with van der Waals surface area (Å²) < 4.78 is 38.2. The minimum Gasteiger partial charge on any atom is -0.396 e. The number of benzene rings is 2. The fourth-order valence-corrected chi connectivity index (χ4v) is 4.42. The summed E-state index contributed by atoms with van der Waals surface area (Å²) in [6.45, 7) is 2.08. The summed E-state index contributed by atoms with van der Waals surface area (Å²) in [5.41, 5.74) is 2.77. The zero-order valence-corrected chi connectivity index (χ0v) is 19.4. The number of carbonyl (C=O) groups excluding carboxylic acids is 1. The molecular weight excluding hydrogens is 463 g/mol. The summed E-state index contributed by atoms with van der Waals surface area (Å²) in [5.74, 6) is 1.14. The van der Waals surface area contributed by atoms with Crippen LogP contribution in [0.2, 0.25) is 0 Å². The van der Waals surface area contributed by atoms with E-state index in [9.17, 15) is 18.0 Å². The molecule has 1 aromatic heterocycles. The van der Waals surface area contributed by atoms with Crippen molar-refractivity contribution in [3.8, 4) is 0 Å². The SMILES string of the molecule is CC(Nc1nccc(SCCc2ccc(C(F)(F)F)cc2)c1NC=O)c1ccc(CCO)cc1. The average molecular weight is 490 g/mol. The number of rotatable bonds is 11. The number of amides is 1. The Morgan fingerprint density at radius 1 is 1.03 bits per heavy atom. The van der Waals surface area contributed by atoms with Gasteiger partial charge in [0.25, 0.3) is 0 Å². The van der Waals surface area contributed by atoms with E-state index < -0.39 is 11.7 Å². The summed E-state index contributed by atoms with van der Waals surface area (Å²) >= 11 is 1.49. The summed E-state index contributed by atoms with van der Waals surface area (Å²) in [4.78, 5) is 16.4. The van der Waals surface area contributed by atoms with E-state index in [-0.39, 0.29) is 12.6 Å². The van der Waals surface area contributed by atoms with E-state index in [4.69, 9.17) is 5.11 Å². The summed E-state index contributed by atoms with van der Waals surface area (Å²) in [6.07, 6.45) is -0.929. The highest BCUT2D eigenvalue weighted by Crippen LogP contribution is 2.34. The van der Waals surface area contributed by atoms with Crippen molar-refractivity contribution in [2.45, 2.75) is 36.9 Å². The molecule has 1 heterocycles. The molecule has 5 nitrogen and oxygen atoms in total. The highest BCUT2D eigenvalue weighted by atomic mass is 32.2. The number of thioether (sulfide) groups is 1. The van der Waals surface area contributed by atoms with Gasteiger partial charge in [-0.15, -0.1) is 11.8 Å². The Labute approximate surface area is 200 Å². The van der Waals surface area contributed by atoms with Crippen molar-refractivity contribution >= 4 is 29.7 Å². The number of nitrogens with zero attached hydrogens (tertiary/aromatic N) is 1. The second kappa shape index (κ2) is 11.9. The number of carbonyl (C=O) groups is 1. The molecule has 9 heteroatoms. The van der Waals surface area contributed by atoms with Crippen LogP contribution < -0.4 is 10.6 Å². The van der Waals surface area contributed by atoms with Gasteiger partial charge in [0.1, 0.15) is 0 Å². The molecule has 0 aliphatic carbocycles. The molecule has 3 rings (SSSR count). The third kappa shape index (κ3) is 6.98. The normalized spacial score (nSPS) is 12.3. The Bertz CT molecular complexity index is 1070. The molecule has 1 unspecified atom stereocenters. The van der Waals surface area contributed by atoms with Crippen LogP contribution in [0.15, 0.2) is 65.7 Å². The molecule has 180 valence electrons. The molecule has 1 atom stereocenters. The molecule has 0 aliphatic heterocycles. The standard InChI is InChI=1S/C25H26F3N3O2S/c1-17(20-6-2-18(3-7-20)11-14-32)31-24-23(30-16-33)22(10-13-29-24)34-15-12-19-4-8-21(9-5-19)25(26,27)28/h2-10,13,16-17,32H,11-12,14-15H2,1H3,(H,29,31)(H,30,33). The number of aliphatic hydroxyl groups excluding tert-OH is 1. The van der Waals surface area contributed by atoms with E-state index in [1.807, 2.05) is 31.2 Å². The van der Waals surface area contributed by atoms with Gasteiger partial charge in [0.15, 0.2) is 5.82 Å². The molecule has 0 bridgehead atoms. The highest BCUT2D eigenvalue weighted by molar-refractivity contribution is 7.99. The van der Waals surface area contributed by atoms with Gasteiger partial charge in [0, 0.05) is 23.5 Å². The van der Waals surface area contributed by atoms with Gasteiger partial charge in [-0.05, 0) is 54.7 Å². The number of alkyl halides is 3. The van der Waals surface area contributed by atoms with Gasteiger partial charge in [-0.25, -0.2) is 4.98 Å². The van der Waals surface area contributed by atoms with Gasteiger partial charge in [-0.1, -0.05) is 36.4 Å². The van der Waals surface area contributed by atoms with E-state index >= 15 is 0 Å². The lowest BCUT2D eigenvalue weighted by Gasteiger charge is -2.19. The van der Waals surface area contributed by atoms with Crippen LogP contribution in [0, 0.1) is 0 Å². The Morgan fingerprint density at radius 3 is 2.29 bits per heavy atom. The predicted octanol–water partition coefficient (Wildman–Crippen LogP) is 5.71. The van der Waals surface area contributed by atoms with E-state index in [0.717, 1.165) is 33.7 Å². The molecular formula is C25H26F3N3O2S. The molecule has 3 N–H and O–H groups in total. The zero-order chi connectivity index (χ0) is 24.6. The van der Waals surface area contributed by atoms with E-state index in [0.29, 0.717) is 36.5 Å². The maximum absolute atomic E-state index is 12.7. The Hall–Kier alpha value is -3.04. The molecule has 34 heavy (non-hydrogen) atoms. The van der Waals surface area contributed by atoms with Crippen molar-refractivity contribution in [3.05, 3.63) is 83.0 Å². The second-order valence-corrected chi connectivity index (χ2v) is 8.81. The topological polar surface area (TPSA) is 74.2 Å². The molecule has 0 saturated carbocycles. The van der Waals surface area contributed by atoms with Crippen LogP contribution >= 0.6 is 11.8 Å². The number of pyridine rings is 1. The molecule has 0 radical (unpaired) electrons. The molecule has 3 aromatic rings. The van der Waals surface area contributed by atoms with Gasteiger partial charge in [0.2, 0.25) is 6.41 Å². The Balaban J connectivity index is 1.67. The minimum atomic E-state index is -4.35. The average Bonchev–Trinajstić information content (AvgIpc) is 2.81. The highest BCUT2D eigenvalue weighted by Gasteiger charge is 2.29. The quantitative estimate of drug-likeness (QED) is 0.238. The number of nitrogens with one attached hydrogen (secondary N) is 2. The number of anilines is 2. The monoisotopic (exact) mass is 489 g/mol. The Morgan fingerprint density at radius 2 is 1.68 bits per heavy atom. The predicted molar refractivity (Wildman–Crippen MR) is 129 cm³/mol. The smallest absolute Gasteiger partial charge is 0.396 e. The Kier molecular flexibility index (Phi) is 8.95. The first kappa shape index (κ1) is 25.6. The summed E-state index contributed by atoms with van der Waals surface area (Å²) in [7, 11) is 0. The van der Waals surface area contributed by atoms with Crippen molar-refractivity contribution in [1.29, 1.82) is 0 Å². The van der Waals surface area contributed by atoms with Crippen LogP contribution in [0.3, 0.4) is 0 Å². The largest absolute Gasteiger partial charge is 0.416 e. The maximum Gasteiger partial charge on any atom is 0.416 e. The van der Waals surface area contributed by atoms with Crippen LogP contribution in [0.5, 0.6) is 0 Å². The lowest BCUT2D eigenvalue weighted by molar-refractivity contribution is -0.137. The van der Waals surface area contributed by atoms with E-state index in [1.54, 1.807) is 12.3 Å². The van der Waals surface area contributed by atoms with Crippen LogP contribution in [-0.4, -0.2) is 28.9 Å². The number of aryl methyl sites for hydroxylation is 1. The first-order chi connectivity index (χ1) is 16.3. The van der Waals surface area contributed by atoms with E-state index in [1.165, 1.54) is 23.9 Å². The molecule has 1 amide bonds. The fraction of sp³-hybridized carbons (Fsp3) is 0.280. The second-order valence-electron chi connectivity index (χ2n) is 7.67. The lowest BCUT2D eigenvalue weighted by Crippen LogP contribution is -2.11. The van der Waals surface area contributed by atoms with Crippen LogP contribution in [0.1, 0.15) is 35.2 Å². The number of halogens is 3. The van der Waals surface area contributed by atoms with Crippen molar-refractivity contribution in [3.63, 3.8) is 0 Å². The number of hydrogen-bond donors (Lipinski definition) is 3. The van der Waals surface area contributed by atoms with E-state index in [2.05, 4.69) is 15.6 Å². The first-order valence-electron chi connectivity index (χ1n) is 10.8. The van der Waals surface area contributed by atoms with Crippen molar-refractivity contribution in [2.75, 3.05) is 23.0 Å². The van der Waals surface area contributed by atoms with Gasteiger partial charge in [0.05, 0.1) is 17.3 Å². The van der Waals surface area contributed by atoms with Gasteiger partial charge in [-0.3, -0.25) is 4.79 Å². The number of aromatic nitrogens is 1. The molecule has 0 aliphatic rings. The van der Waals surface area contributed by atoms with Crippen molar-refractivity contribution in [1.82, 2.24) is 4.98 Å². The fourth-order valence-electron chi connectivity index (χ4n) is 3.40. The van der Waals surface area contributed by atoms with Crippen molar-refractivity contribution < 1.29 is 23.1 Å². The molecule has 2 aromatic carbocycles.